The molecule has 0 aromatic heterocycles. The average Bonchev–Trinajstić information content (AvgIpc) is 2.77. The Hall–Kier alpha value is -0.770. The van der Waals surface area contributed by atoms with E-state index in [2.05, 4.69) is 17.4 Å². The number of nitrogens with two attached hydrogens (primary N) is 1. The maximum atomic E-state index is 8.64. The first-order chi connectivity index (χ1) is 7.19. The minimum absolute atomic E-state index is 0.00519. The second kappa shape index (κ2) is 5.95. The highest BCUT2D eigenvalue weighted by atomic mass is 16.4. The van der Waals surface area contributed by atoms with E-state index in [0.29, 0.717) is 11.9 Å². The van der Waals surface area contributed by atoms with Crippen molar-refractivity contribution in [2.45, 2.75) is 58.0 Å². The van der Waals surface area contributed by atoms with Crippen LogP contribution in [-0.4, -0.2) is 23.1 Å². The van der Waals surface area contributed by atoms with Gasteiger partial charge in [0.25, 0.3) is 0 Å². The van der Waals surface area contributed by atoms with Gasteiger partial charge in [-0.3, -0.25) is 0 Å². The van der Waals surface area contributed by atoms with Crippen LogP contribution in [-0.2, 0) is 0 Å². The van der Waals surface area contributed by atoms with Crippen molar-refractivity contribution in [1.29, 1.82) is 0 Å². The fraction of sp³-hybridized carbons (Fsp3) is 0.909. The second-order valence-electron chi connectivity index (χ2n) is 4.49. The van der Waals surface area contributed by atoms with Crippen LogP contribution in [0.4, 0.5) is 0 Å². The van der Waals surface area contributed by atoms with E-state index in [4.69, 9.17) is 10.9 Å². The van der Waals surface area contributed by atoms with E-state index >= 15 is 0 Å². The molecule has 1 aliphatic rings. The van der Waals surface area contributed by atoms with Crippen molar-refractivity contribution >= 4 is 5.84 Å². The number of amidine groups is 1. The van der Waals surface area contributed by atoms with Crippen molar-refractivity contribution in [2.24, 2.45) is 16.8 Å². The van der Waals surface area contributed by atoms with Crippen LogP contribution in [0.3, 0.4) is 0 Å². The van der Waals surface area contributed by atoms with Crippen LogP contribution < -0.4 is 11.1 Å². The average molecular weight is 213 g/mol. The normalized spacial score (nSPS) is 22.9. The summed E-state index contributed by atoms with van der Waals surface area (Å²) in [7, 11) is 0. The van der Waals surface area contributed by atoms with Crippen molar-refractivity contribution in [3.8, 4) is 0 Å². The Morgan fingerprint density at radius 3 is 2.60 bits per heavy atom. The Balaban J connectivity index is 2.43. The number of rotatable bonds is 5. The summed E-state index contributed by atoms with van der Waals surface area (Å²) >= 11 is 0. The molecule has 0 aromatic rings. The Kier molecular flexibility index (Phi) is 4.88. The number of hydrogen-bond acceptors (Lipinski definition) is 3. The lowest BCUT2D eigenvalue weighted by Crippen LogP contribution is -2.47. The molecule has 2 atom stereocenters. The predicted octanol–water partition coefficient (Wildman–Crippen LogP) is 1.68. The van der Waals surface area contributed by atoms with Crippen LogP contribution in [0, 0.1) is 5.92 Å². The molecule has 2 unspecified atom stereocenters. The molecule has 0 aromatic carbocycles. The van der Waals surface area contributed by atoms with Gasteiger partial charge in [0.15, 0.2) is 5.84 Å². The molecule has 1 rings (SSSR count). The molecule has 0 heterocycles. The maximum absolute atomic E-state index is 8.64. The van der Waals surface area contributed by atoms with Crippen molar-refractivity contribution in [1.82, 2.24) is 5.32 Å². The molecule has 1 aliphatic carbocycles. The van der Waals surface area contributed by atoms with Gasteiger partial charge in [-0.2, -0.15) is 0 Å². The zero-order valence-electron chi connectivity index (χ0n) is 9.74. The van der Waals surface area contributed by atoms with Crippen LogP contribution in [0.25, 0.3) is 0 Å². The van der Waals surface area contributed by atoms with E-state index in [0.717, 1.165) is 12.3 Å². The third kappa shape index (κ3) is 3.38. The summed E-state index contributed by atoms with van der Waals surface area (Å²) in [6, 6.07) is 0.461. The fourth-order valence-corrected chi connectivity index (χ4v) is 2.39. The van der Waals surface area contributed by atoms with Crippen molar-refractivity contribution < 1.29 is 5.21 Å². The molecule has 1 saturated carbocycles. The Bertz CT molecular complexity index is 212. The molecule has 0 radical (unpaired) electrons. The summed E-state index contributed by atoms with van der Waals surface area (Å²) in [5, 5.41) is 15.2. The van der Waals surface area contributed by atoms with Crippen molar-refractivity contribution in [3.05, 3.63) is 0 Å². The quantitative estimate of drug-likeness (QED) is 0.281. The number of nitrogens with zero attached hydrogens (tertiary/aromatic N) is 1. The lowest BCUT2D eigenvalue weighted by Gasteiger charge is -2.25. The van der Waals surface area contributed by atoms with Gasteiger partial charge < -0.3 is 16.3 Å². The minimum Gasteiger partial charge on any atom is -0.409 e. The summed E-state index contributed by atoms with van der Waals surface area (Å²) in [4.78, 5) is 0. The van der Waals surface area contributed by atoms with E-state index in [9.17, 15) is 0 Å². The van der Waals surface area contributed by atoms with E-state index in [1.165, 1.54) is 25.7 Å². The van der Waals surface area contributed by atoms with Gasteiger partial charge in [-0.25, -0.2) is 0 Å². The molecular formula is C11H23N3O. The van der Waals surface area contributed by atoms with Crippen LogP contribution in [0.5, 0.6) is 0 Å². The van der Waals surface area contributed by atoms with Gasteiger partial charge in [-0.15, -0.1) is 0 Å². The number of hydrogen-bond donors (Lipinski definition) is 3. The molecule has 15 heavy (non-hydrogen) atoms. The summed E-state index contributed by atoms with van der Waals surface area (Å²) in [6.45, 7) is 4.24. The van der Waals surface area contributed by atoms with Gasteiger partial charge in [-0.1, -0.05) is 24.9 Å². The lowest BCUT2D eigenvalue weighted by atomic mass is 9.98. The third-order valence-corrected chi connectivity index (χ3v) is 3.45. The molecule has 0 saturated heterocycles. The summed E-state index contributed by atoms with van der Waals surface area (Å²) in [5.74, 6) is 1.05. The molecule has 0 bridgehead atoms. The lowest BCUT2D eigenvalue weighted by molar-refractivity contribution is 0.309. The Morgan fingerprint density at radius 2 is 2.13 bits per heavy atom. The van der Waals surface area contributed by atoms with E-state index in [1.54, 1.807) is 0 Å². The van der Waals surface area contributed by atoms with Gasteiger partial charge >= 0.3 is 0 Å². The van der Waals surface area contributed by atoms with Gasteiger partial charge in [0.2, 0.25) is 0 Å². The molecule has 1 fully saturated rings. The van der Waals surface area contributed by atoms with E-state index in [-0.39, 0.29) is 6.04 Å². The summed E-state index contributed by atoms with van der Waals surface area (Å²) in [6.07, 6.45) is 6.16. The zero-order valence-corrected chi connectivity index (χ0v) is 9.74. The molecule has 4 N–H and O–H groups in total. The second-order valence-corrected chi connectivity index (χ2v) is 4.49. The topological polar surface area (TPSA) is 70.6 Å². The first-order valence-corrected chi connectivity index (χ1v) is 5.92. The molecule has 0 amide bonds. The molecule has 4 heteroatoms. The predicted molar refractivity (Wildman–Crippen MR) is 62.0 cm³/mol. The highest BCUT2D eigenvalue weighted by Gasteiger charge is 2.24. The van der Waals surface area contributed by atoms with Crippen LogP contribution >= 0.6 is 0 Å². The standard InChI is InChI=1S/C11H23N3O/c1-3-10(11(12)14-15)13-8(2)9-6-4-5-7-9/h8-10,13,15H,3-7H2,1-2H3,(H2,12,14). The molecule has 4 nitrogen and oxygen atoms in total. The zero-order chi connectivity index (χ0) is 11.3. The maximum Gasteiger partial charge on any atom is 0.156 e. The third-order valence-electron chi connectivity index (χ3n) is 3.45. The number of nitrogens with one attached hydrogen (secondary N) is 1. The first-order valence-electron chi connectivity index (χ1n) is 5.92. The molecule has 0 aliphatic heterocycles. The minimum atomic E-state index is 0.00519. The highest BCUT2D eigenvalue weighted by molar-refractivity contribution is 5.85. The molecular weight excluding hydrogens is 190 g/mol. The van der Waals surface area contributed by atoms with Crippen LogP contribution in [0.2, 0.25) is 0 Å². The van der Waals surface area contributed by atoms with Gasteiger partial charge in [0.05, 0.1) is 6.04 Å². The molecule has 88 valence electrons. The smallest absolute Gasteiger partial charge is 0.156 e. The highest BCUT2D eigenvalue weighted by Crippen LogP contribution is 2.27. The fourth-order valence-electron chi connectivity index (χ4n) is 2.39. The largest absolute Gasteiger partial charge is 0.409 e. The monoisotopic (exact) mass is 213 g/mol. The van der Waals surface area contributed by atoms with Crippen molar-refractivity contribution in [2.75, 3.05) is 0 Å². The number of oxime groups is 1. The Morgan fingerprint density at radius 1 is 1.53 bits per heavy atom. The van der Waals surface area contributed by atoms with Crippen molar-refractivity contribution in [3.63, 3.8) is 0 Å². The van der Waals surface area contributed by atoms with E-state index < -0.39 is 0 Å². The molecule has 0 spiro atoms. The van der Waals surface area contributed by atoms with Crippen LogP contribution in [0.15, 0.2) is 5.16 Å². The van der Waals surface area contributed by atoms with Crippen LogP contribution in [0.1, 0.15) is 46.0 Å². The van der Waals surface area contributed by atoms with Gasteiger partial charge in [0.1, 0.15) is 0 Å². The SMILES string of the molecule is CCC(NC(C)C1CCCC1)C(N)=NO. The Labute approximate surface area is 91.9 Å². The van der Waals surface area contributed by atoms with E-state index in [1.807, 2.05) is 6.92 Å². The first kappa shape index (κ1) is 12.3. The summed E-state index contributed by atoms with van der Waals surface area (Å²) < 4.78 is 0. The van der Waals surface area contributed by atoms with Gasteiger partial charge in [0, 0.05) is 6.04 Å². The summed E-state index contributed by atoms with van der Waals surface area (Å²) in [5.41, 5.74) is 5.61. The van der Waals surface area contributed by atoms with Gasteiger partial charge in [-0.05, 0) is 32.1 Å².